The number of anilines is 1. The van der Waals surface area contributed by atoms with Crippen LogP contribution in [0.5, 0.6) is 11.6 Å². The van der Waals surface area contributed by atoms with Crippen LogP contribution in [-0.4, -0.2) is 9.97 Å². The highest BCUT2D eigenvalue weighted by molar-refractivity contribution is 5.76. The van der Waals surface area contributed by atoms with Gasteiger partial charge in [-0.15, -0.1) is 0 Å². The van der Waals surface area contributed by atoms with Gasteiger partial charge in [-0.05, 0) is 42.5 Å². The van der Waals surface area contributed by atoms with Crippen LogP contribution in [0.1, 0.15) is 0 Å². The quantitative estimate of drug-likeness (QED) is 0.764. The number of benzene rings is 1. The van der Waals surface area contributed by atoms with Gasteiger partial charge >= 0.3 is 0 Å². The minimum atomic E-state index is -0.312. The van der Waals surface area contributed by atoms with Gasteiger partial charge in [-0.2, -0.15) is 4.98 Å². The van der Waals surface area contributed by atoms with Crippen LogP contribution >= 0.6 is 0 Å². The summed E-state index contributed by atoms with van der Waals surface area (Å²) >= 11 is 0. The highest BCUT2D eigenvalue weighted by atomic mass is 19.1. The third kappa shape index (κ3) is 2.44. The molecule has 0 bridgehead atoms. The molecule has 0 aliphatic rings. The van der Waals surface area contributed by atoms with E-state index in [1.807, 2.05) is 12.1 Å². The number of rotatable bonds is 2. The number of nitrogens with two attached hydrogens (primary N) is 1. The minimum absolute atomic E-state index is 0.312. The standard InChI is InChI=1S/C14H10FN3O/c15-10-3-5-11(6-4-10)19-13-8-2-9-1-7-12(16)17-14(9)18-13/h1-8H,(H2,16,17,18). The highest BCUT2D eigenvalue weighted by Crippen LogP contribution is 2.22. The van der Waals surface area contributed by atoms with E-state index in [0.717, 1.165) is 5.39 Å². The van der Waals surface area contributed by atoms with Crippen molar-refractivity contribution < 1.29 is 9.13 Å². The van der Waals surface area contributed by atoms with Crippen LogP contribution in [0.4, 0.5) is 10.2 Å². The van der Waals surface area contributed by atoms with Crippen LogP contribution in [-0.2, 0) is 0 Å². The fraction of sp³-hybridized carbons (Fsp3) is 0. The lowest BCUT2D eigenvalue weighted by Crippen LogP contribution is -1.93. The van der Waals surface area contributed by atoms with Gasteiger partial charge < -0.3 is 10.5 Å². The van der Waals surface area contributed by atoms with Crippen molar-refractivity contribution in [3.63, 3.8) is 0 Å². The maximum atomic E-state index is 12.8. The Kier molecular flexibility index (Phi) is 2.72. The topological polar surface area (TPSA) is 61.0 Å². The van der Waals surface area contributed by atoms with E-state index in [9.17, 15) is 4.39 Å². The van der Waals surface area contributed by atoms with E-state index in [2.05, 4.69) is 9.97 Å². The summed E-state index contributed by atoms with van der Waals surface area (Å²) in [5.74, 6) is 0.988. The Morgan fingerprint density at radius 2 is 1.63 bits per heavy atom. The van der Waals surface area contributed by atoms with E-state index >= 15 is 0 Å². The molecule has 0 saturated heterocycles. The first-order valence-corrected chi connectivity index (χ1v) is 5.67. The molecule has 94 valence electrons. The summed E-state index contributed by atoms with van der Waals surface area (Å²) in [6.07, 6.45) is 0. The van der Waals surface area contributed by atoms with Gasteiger partial charge in [-0.3, -0.25) is 0 Å². The summed E-state index contributed by atoms with van der Waals surface area (Å²) in [6, 6.07) is 12.8. The molecule has 0 spiro atoms. The van der Waals surface area contributed by atoms with Crippen molar-refractivity contribution in [2.24, 2.45) is 0 Å². The predicted octanol–water partition coefficient (Wildman–Crippen LogP) is 3.14. The van der Waals surface area contributed by atoms with Crippen LogP contribution in [0.3, 0.4) is 0 Å². The summed E-state index contributed by atoms with van der Waals surface area (Å²) in [5, 5.41) is 0.876. The maximum absolute atomic E-state index is 12.8. The van der Waals surface area contributed by atoms with Crippen molar-refractivity contribution in [1.82, 2.24) is 9.97 Å². The molecule has 19 heavy (non-hydrogen) atoms. The van der Waals surface area contributed by atoms with Crippen LogP contribution in [0.15, 0.2) is 48.5 Å². The minimum Gasteiger partial charge on any atom is -0.439 e. The zero-order valence-corrected chi connectivity index (χ0v) is 9.88. The van der Waals surface area contributed by atoms with Crippen molar-refractivity contribution in [2.45, 2.75) is 0 Å². The Labute approximate surface area is 108 Å². The number of fused-ring (bicyclic) bond motifs is 1. The fourth-order valence-corrected chi connectivity index (χ4v) is 1.68. The van der Waals surface area contributed by atoms with Crippen molar-refractivity contribution in [2.75, 3.05) is 5.73 Å². The zero-order valence-electron chi connectivity index (χ0n) is 9.88. The first-order valence-electron chi connectivity index (χ1n) is 5.67. The fourth-order valence-electron chi connectivity index (χ4n) is 1.68. The summed E-state index contributed by atoms with van der Waals surface area (Å²) in [6.45, 7) is 0. The van der Waals surface area contributed by atoms with Crippen LogP contribution in [0, 0.1) is 5.82 Å². The number of aromatic nitrogens is 2. The summed E-state index contributed by atoms with van der Waals surface area (Å²) in [4.78, 5) is 8.37. The van der Waals surface area contributed by atoms with E-state index in [0.29, 0.717) is 23.1 Å². The van der Waals surface area contributed by atoms with Gasteiger partial charge in [-0.25, -0.2) is 9.37 Å². The van der Waals surface area contributed by atoms with E-state index in [1.165, 1.54) is 24.3 Å². The highest BCUT2D eigenvalue weighted by Gasteiger charge is 2.03. The second-order valence-electron chi connectivity index (χ2n) is 3.99. The molecule has 1 aromatic carbocycles. The second kappa shape index (κ2) is 4.53. The van der Waals surface area contributed by atoms with E-state index in [-0.39, 0.29) is 5.82 Å². The van der Waals surface area contributed by atoms with Crippen molar-refractivity contribution in [3.05, 3.63) is 54.3 Å². The Balaban J connectivity index is 1.94. The van der Waals surface area contributed by atoms with Crippen molar-refractivity contribution >= 4 is 16.9 Å². The van der Waals surface area contributed by atoms with Gasteiger partial charge in [0.25, 0.3) is 0 Å². The number of hydrogen-bond donors (Lipinski definition) is 1. The lowest BCUT2D eigenvalue weighted by atomic mass is 10.3. The molecule has 0 amide bonds. The van der Waals surface area contributed by atoms with E-state index in [4.69, 9.17) is 10.5 Å². The summed E-state index contributed by atoms with van der Waals surface area (Å²) < 4.78 is 18.3. The molecule has 4 nitrogen and oxygen atoms in total. The largest absolute Gasteiger partial charge is 0.439 e. The molecule has 0 radical (unpaired) electrons. The first-order chi connectivity index (χ1) is 9.20. The lowest BCUT2D eigenvalue weighted by molar-refractivity contribution is 0.463. The third-order valence-corrected chi connectivity index (χ3v) is 2.58. The molecule has 3 aromatic rings. The van der Waals surface area contributed by atoms with Crippen LogP contribution < -0.4 is 10.5 Å². The van der Waals surface area contributed by atoms with Gasteiger partial charge in [0.1, 0.15) is 17.4 Å². The predicted molar refractivity (Wildman–Crippen MR) is 70.4 cm³/mol. The monoisotopic (exact) mass is 255 g/mol. The molecular weight excluding hydrogens is 245 g/mol. The maximum Gasteiger partial charge on any atom is 0.221 e. The second-order valence-corrected chi connectivity index (χ2v) is 3.99. The van der Waals surface area contributed by atoms with Crippen LogP contribution in [0.25, 0.3) is 11.0 Å². The molecule has 0 unspecified atom stereocenters. The number of ether oxygens (including phenoxy) is 1. The van der Waals surface area contributed by atoms with Gasteiger partial charge in [0.15, 0.2) is 5.65 Å². The molecule has 3 rings (SSSR count). The molecule has 2 N–H and O–H groups in total. The average molecular weight is 255 g/mol. The number of nitrogens with zero attached hydrogens (tertiary/aromatic N) is 2. The van der Waals surface area contributed by atoms with Gasteiger partial charge in [0.05, 0.1) is 0 Å². The molecule has 5 heteroatoms. The average Bonchev–Trinajstić information content (AvgIpc) is 2.41. The molecule has 2 aromatic heterocycles. The van der Waals surface area contributed by atoms with E-state index in [1.54, 1.807) is 12.1 Å². The van der Waals surface area contributed by atoms with Crippen LogP contribution in [0.2, 0.25) is 0 Å². The Morgan fingerprint density at radius 1 is 0.895 bits per heavy atom. The summed E-state index contributed by atoms with van der Waals surface area (Å²) in [5.41, 5.74) is 6.12. The molecule has 0 fully saturated rings. The number of pyridine rings is 2. The molecule has 0 atom stereocenters. The number of hydrogen-bond acceptors (Lipinski definition) is 4. The number of halogens is 1. The molecule has 2 heterocycles. The van der Waals surface area contributed by atoms with Crippen molar-refractivity contribution in [3.8, 4) is 11.6 Å². The normalized spacial score (nSPS) is 10.6. The van der Waals surface area contributed by atoms with Gasteiger partial charge in [0, 0.05) is 11.5 Å². The molecule has 0 saturated carbocycles. The van der Waals surface area contributed by atoms with Gasteiger partial charge in [-0.1, -0.05) is 0 Å². The SMILES string of the molecule is Nc1ccc2ccc(Oc3ccc(F)cc3)nc2n1. The first kappa shape index (κ1) is 11.4. The lowest BCUT2D eigenvalue weighted by Gasteiger charge is -2.05. The molecule has 0 aliphatic carbocycles. The van der Waals surface area contributed by atoms with E-state index < -0.39 is 0 Å². The van der Waals surface area contributed by atoms with Crippen molar-refractivity contribution in [1.29, 1.82) is 0 Å². The third-order valence-electron chi connectivity index (χ3n) is 2.58. The Hall–Kier alpha value is -2.69. The molecule has 0 aliphatic heterocycles. The number of nitrogen functional groups attached to an aromatic ring is 1. The Morgan fingerprint density at radius 3 is 2.42 bits per heavy atom. The summed E-state index contributed by atoms with van der Waals surface area (Å²) in [7, 11) is 0. The Bertz CT molecular complexity index is 728. The molecular formula is C14H10FN3O. The smallest absolute Gasteiger partial charge is 0.221 e. The van der Waals surface area contributed by atoms with Gasteiger partial charge in [0.2, 0.25) is 5.88 Å². The zero-order chi connectivity index (χ0) is 13.2.